The summed E-state index contributed by atoms with van der Waals surface area (Å²) in [4.78, 5) is 108. The molecule has 20 heteroatoms. The number of rotatable bonds is 34. The van der Waals surface area contributed by atoms with Gasteiger partial charge < -0.3 is 58.9 Å². The zero-order valence-corrected chi connectivity index (χ0v) is 51.1. The third-order valence-electron chi connectivity index (χ3n) is 18.9. The molecular formula is C62H101N9O10S. The van der Waals surface area contributed by atoms with Gasteiger partial charge in [-0.1, -0.05) is 77.7 Å². The molecule has 3 fully saturated rings. The van der Waals surface area contributed by atoms with Gasteiger partial charge in [-0.05, 0) is 192 Å². The molecule has 0 radical (unpaired) electrons. The topological polar surface area (TPSA) is 316 Å². The molecule has 4 aliphatic rings. The molecule has 19 nitrogen and oxygen atoms in total. The molecule has 0 spiro atoms. The minimum atomic E-state index is -1.42. The van der Waals surface area contributed by atoms with Crippen LogP contribution in [0.5, 0.6) is 5.75 Å². The van der Waals surface area contributed by atoms with Gasteiger partial charge in [0.15, 0.2) is 5.78 Å². The van der Waals surface area contributed by atoms with Crippen LogP contribution in [-0.4, -0.2) is 120 Å². The number of allylic oxidation sites excluding steroid dienone is 1. The lowest BCUT2D eigenvalue weighted by molar-refractivity contribution is -0.134. The zero-order valence-electron chi connectivity index (χ0n) is 50.3. The Bertz CT molecular complexity index is 2340. The number of alkyl carbamates (subject to hydrolysis) is 1. The number of nitrogens with two attached hydrogens (primary N) is 3. The summed E-state index contributed by atoms with van der Waals surface area (Å²) in [6, 6.07) is 0.140. The summed E-state index contributed by atoms with van der Waals surface area (Å²) >= 11 is 1.49. The molecule has 0 aliphatic heterocycles. The summed E-state index contributed by atoms with van der Waals surface area (Å²) in [5, 5.41) is 26.1. The van der Waals surface area contributed by atoms with Crippen LogP contribution in [0.3, 0.4) is 0 Å². The van der Waals surface area contributed by atoms with Crippen molar-refractivity contribution in [3.63, 3.8) is 0 Å². The van der Waals surface area contributed by atoms with Crippen molar-refractivity contribution in [2.24, 2.45) is 63.5 Å². The molecule has 5 rings (SSSR count). The number of phenolic OH excluding ortho intramolecular Hbond substituents is 1. The van der Waals surface area contributed by atoms with Crippen LogP contribution in [0.15, 0.2) is 35.9 Å². The summed E-state index contributed by atoms with van der Waals surface area (Å²) < 4.78 is 6.09. The number of hydrogen-bond donors (Lipinski definition) is 10. The number of benzene rings is 1. The molecule has 0 saturated heterocycles. The van der Waals surface area contributed by atoms with E-state index in [0.717, 1.165) is 42.9 Å². The summed E-state index contributed by atoms with van der Waals surface area (Å²) in [5.74, 6) is 0.111. The number of carbonyl (C=O) groups excluding carboxylic acids is 8. The highest BCUT2D eigenvalue weighted by atomic mass is 32.2. The highest BCUT2D eigenvalue weighted by Gasteiger charge is 2.59. The molecule has 7 amide bonds. The van der Waals surface area contributed by atoms with Crippen molar-refractivity contribution in [1.29, 1.82) is 0 Å². The fourth-order valence-electron chi connectivity index (χ4n) is 14.2. The van der Waals surface area contributed by atoms with Crippen LogP contribution in [0.2, 0.25) is 0 Å². The smallest absolute Gasteiger partial charge is 0.408 e. The van der Waals surface area contributed by atoms with Crippen molar-refractivity contribution >= 4 is 59.1 Å². The number of nitrogens with one attached hydrogen (secondary N) is 6. The number of hydrogen-bond acceptors (Lipinski definition) is 13. The van der Waals surface area contributed by atoms with E-state index in [0.29, 0.717) is 80.2 Å². The number of primary amides is 1. The van der Waals surface area contributed by atoms with Crippen molar-refractivity contribution in [2.75, 3.05) is 31.6 Å². The minimum absolute atomic E-state index is 0.0360. The fourth-order valence-corrected chi connectivity index (χ4v) is 14.7. The van der Waals surface area contributed by atoms with Gasteiger partial charge in [0, 0.05) is 19.3 Å². The van der Waals surface area contributed by atoms with E-state index in [1.807, 2.05) is 6.26 Å². The van der Waals surface area contributed by atoms with Gasteiger partial charge in [0.25, 0.3) is 0 Å². The van der Waals surface area contributed by atoms with Gasteiger partial charge in [0.1, 0.15) is 36.0 Å². The van der Waals surface area contributed by atoms with Gasteiger partial charge >= 0.3 is 6.09 Å². The number of amides is 7. The van der Waals surface area contributed by atoms with Gasteiger partial charge in [-0.2, -0.15) is 11.8 Å². The predicted octanol–water partition coefficient (Wildman–Crippen LogP) is 6.36. The number of unbranched alkanes of at least 4 members (excludes halogenated alkanes) is 2. The third kappa shape index (κ3) is 19.4. The van der Waals surface area contributed by atoms with Crippen molar-refractivity contribution in [2.45, 2.75) is 213 Å². The molecule has 3 saturated carbocycles. The molecule has 4 aliphatic carbocycles. The second-order valence-electron chi connectivity index (χ2n) is 25.1. The molecule has 0 aromatic heterocycles. The molecule has 13 atom stereocenters. The Morgan fingerprint density at radius 1 is 0.695 bits per heavy atom. The third-order valence-corrected chi connectivity index (χ3v) is 19.5. The monoisotopic (exact) mass is 1160 g/mol. The predicted molar refractivity (Wildman–Crippen MR) is 321 cm³/mol. The Labute approximate surface area is 492 Å². The normalized spacial score (nSPS) is 25.0. The second-order valence-corrected chi connectivity index (χ2v) is 26.1. The van der Waals surface area contributed by atoms with E-state index in [-0.39, 0.29) is 55.2 Å². The Kier molecular flexibility index (Phi) is 27.0. The van der Waals surface area contributed by atoms with Crippen LogP contribution in [-0.2, 0) is 44.7 Å². The Balaban J connectivity index is 1.21. The number of thioether (sulfide) groups is 1. The standard InChI is InChI=1S/C62H101N9O10S/c1-38(2)13-12-14-39(3)46-23-24-47-45-22-19-42-36-44(27-30-61(42,5)48(45)28-31-62(46,47)6)81-60(80)71-52(29-34-82-7)56(76)66-37-55(75)67-53(35-41-17-20-43(73)21-18-41)59(79)70-51(25-26-54(65)74)58(78)69-50(16-9-11-33-64)57(77)68-49(40(4)72)15-8-10-32-63/h17-21,38-39,44-53,73H,8-16,22-37,63-64H2,1-7H3,(H2,65,74)(H,66,76)(H,67,75)(H,68,77)(H,69,78)(H,70,79)(H,71,80)/t39-,44+,45+,46-,47?,48+,49+,50+,51+,52+,53+,61+,62-/m1/s1. The van der Waals surface area contributed by atoms with Crippen molar-refractivity contribution < 1.29 is 48.2 Å². The van der Waals surface area contributed by atoms with Crippen LogP contribution >= 0.6 is 11.8 Å². The van der Waals surface area contributed by atoms with Gasteiger partial charge in [-0.3, -0.25) is 33.6 Å². The van der Waals surface area contributed by atoms with E-state index in [1.54, 1.807) is 12.1 Å². The average molecular weight is 1160 g/mol. The number of ether oxygens (including phenoxy) is 1. The van der Waals surface area contributed by atoms with E-state index in [2.05, 4.69) is 72.6 Å². The molecule has 82 heavy (non-hydrogen) atoms. The van der Waals surface area contributed by atoms with Gasteiger partial charge in [0.2, 0.25) is 35.4 Å². The second kappa shape index (κ2) is 32.7. The number of aromatic hydroxyl groups is 1. The zero-order chi connectivity index (χ0) is 60.1. The maximum absolute atomic E-state index is 14.3. The van der Waals surface area contributed by atoms with Crippen molar-refractivity contribution in [3.8, 4) is 5.75 Å². The molecule has 1 unspecified atom stereocenters. The maximum atomic E-state index is 14.3. The largest absolute Gasteiger partial charge is 0.508 e. The first kappa shape index (κ1) is 67.6. The van der Waals surface area contributed by atoms with Crippen LogP contribution < -0.4 is 49.1 Å². The average Bonchev–Trinajstić information content (AvgIpc) is 3.85. The first-order valence-corrected chi connectivity index (χ1v) is 32.0. The first-order chi connectivity index (χ1) is 39.0. The number of fused-ring (bicyclic) bond motifs is 5. The summed E-state index contributed by atoms with van der Waals surface area (Å²) in [6.45, 7) is 13.7. The lowest BCUT2D eigenvalue weighted by atomic mass is 9.47. The van der Waals surface area contributed by atoms with E-state index in [9.17, 15) is 43.5 Å². The Morgan fingerprint density at radius 2 is 1.32 bits per heavy atom. The molecule has 0 bridgehead atoms. The molecular weight excluding hydrogens is 1060 g/mol. The maximum Gasteiger partial charge on any atom is 0.408 e. The highest BCUT2D eigenvalue weighted by molar-refractivity contribution is 7.98. The Hall–Kier alpha value is -5.21. The van der Waals surface area contributed by atoms with E-state index < -0.39 is 78.3 Å². The van der Waals surface area contributed by atoms with Crippen LogP contribution in [0, 0.1) is 46.3 Å². The number of Topliss-reactive ketones (excluding diaryl/α,β-unsaturated/α-hetero) is 1. The Morgan fingerprint density at radius 3 is 1.94 bits per heavy atom. The molecule has 460 valence electrons. The summed E-state index contributed by atoms with van der Waals surface area (Å²) in [5.41, 5.74) is 19.2. The molecule has 0 heterocycles. The lowest BCUT2D eigenvalue weighted by Gasteiger charge is -2.58. The van der Waals surface area contributed by atoms with Crippen LogP contribution in [0.25, 0.3) is 0 Å². The fraction of sp³-hybridized carbons (Fsp3) is 0.742. The molecule has 1 aromatic rings. The molecule has 1 aromatic carbocycles. The van der Waals surface area contributed by atoms with E-state index in [1.165, 1.54) is 81.3 Å². The number of phenols is 1. The van der Waals surface area contributed by atoms with Crippen LogP contribution in [0.4, 0.5) is 4.79 Å². The van der Waals surface area contributed by atoms with Gasteiger partial charge in [-0.25, -0.2) is 4.79 Å². The van der Waals surface area contributed by atoms with Crippen molar-refractivity contribution in [1.82, 2.24) is 31.9 Å². The minimum Gasteiger partial charge on any atom is -0.508 e. The van der Waals surface area contributed by atoms with E-state index >= 15 is 0 Å². The lowest BCUT2D eigenvalue weighted by Crippen LogP contribution is -2.58. The van der Waals surface area contributed by atoms with Gasteiger partial charge in [0.05, 0.1) is 12.6 Å². The quantitative estimate of drug-likeness (QED) is 0.0266. The van der Waals surface area contributed by atoms with Crippen LogP contribution in [0.1, 0.15) is 176 Å². The number of carbonyl (C=O) groups is 8. The van der Waals surface area contributed by atoms with Crippen molar-refractivity contribution in [3.05, 3.63) is 41.5 Å². The SMILES string of the molecule is CSCC[C@H](NC(=O)O[C@H]1CC[C@@]2(C)C(=CC[C@H]3C4CC[C@H]([C@H](C)CCCC(C)C)[C@@]4(C)CC[C@@H]32)C1)C(=O)NCC(=O)N[C@@H](Cc1ccc(O)cc1)C(=O)N[C@@H](CCC(N)=O)C(=O)N[C@@H](CCCCN)C(=O)N[C@@H](CCCCN)C(C)=O. The molecule has 13 N–H and O–H groups in total. The number of ketones is 1. The highest BCUT2D eigenvalue weighted by Crippen LogP contribution is 2.67. The van der Waals surface area contributed by atoms with Gasteiger partial charge in [-0.15, -0.1) is 0 Å². The van der Waals surface area contributed by atoms with E-state index in [4.69, 9.17) is 21.9 Å². The first-order valence-electron chi connectivity index (χ1n) is 30.6. The summed E-state index contributed by atoms with van der Waals surface area (Å²) in [6.07, 6.45) is 18.1. The summed E-state index contributed by atoms with van der Waals surface area (Å²) in [7, 11) is 0.